The highest BCUT2D eigenvalue weighted by Crippen LogP contribution is 2.47. The van der Waals surface area contributed by atoms with E-state index in [1.807, 2.05) is 24.3 Å². The lowest BCUT2D eigenvalue weighted by molar-refractivity contribution is -0.274. The summed E-state index contributed by atoms with van der Waals surface area (Å²) in [6, 6.07) is 17.6. The zero-order chi connectivity index (χ0) is 26.2. The fourth-order valence-electron chi connectivity index (χ4n) is 4.11. The van der Waals surface area contributed by atoms with Crippen LogP contribution in [0.25, 0.3) is 10.8 Å². The average molecular weight is 529 g/mol. The first kappa shape index (κ1) is 24.7. The minimum Gasteiger partial charge on any atom is -0.478 e. The number of fused-ring (bicyclic) bond motifs is 1. The van der Waals surface area contributed by atoms with E-state index in [2.05, 4.69) is 4.74 Å². The van der Waals surface area contributed by atoms with Crippen molar-refractivity contribution in [3.05, 3.63) is 94.6 Å². The number of rotatable bonds is 8. The summed E-state index contributed by atoms with van der Waals surface area (Å²) in [5.74, 6) is -0.358. The molecule has 0 unspecified atom stereocenters. The van der Waals surface area contributed by atoms with Gasteiger partial charge in [-0.3, -0.25) is 0 Å². The Hall–Kier alpha value is -3.98. The van der Waals surface area contributed by atoms with Gasteiger partial charge in [0, 0.05) is 23.2 Å². The molecule has 0 atom stereocenters. The highest BCUT2D eigenvalue weighted by atomic mass is 35.5. The van der Waals surface area contributed by atoms with Crippen molar-refractivity contribution in [1.29, 1.82) is 0 Å². The lowest BCUT2D eigenvalue weighted by Gasteiger charge is -2.27. The van der Waals surface area contributed by atoms with Gasteiger partial charge in [0.25, 0.3) is 0 Å². The topological polar surface area (TPSA) is 71.9 Å². The summed E-state index contributed by atoms with van der Waals surface area (Å²) in [6.45, 7) is 0.135. The molecule has 6 nitrogen and oxygen atoms in total. The molecule has 1 fully saturated rings. The third kappa shape index (κ3) is 5.72. The molecule has 0 radical (unpaired) electrons. The van der Waals surface area contributed by atoms with E-state index in [-0.39, 0.29) is 28.6 Å². The molecule has 1 saturated carbocycles. The monoisotopic (exact) mass is 528 g/mol. The summed E-state index contributed by atoms with van der Waals surface area (Å²) in [4.78, 5) is 22.2. The molecular weight excluding hydrogens is 509 g/mol. The number of carboxylic acid groups (broad SMARTS) is 1. The van der Waals surface area contributed by atoms with Crippen LogP contribution in [-0.4, -0.2) is 22.4 Å². The summed E-state index contributed by atoms with van der Waals surface area (Å²) >= 11 is 6.15. The smallest absolute Gasteiger partial charge is 0.478 e. The van der Waals surface area contributed by atoms with Gasteiger partial charge in [-0.25, -0.2) is 9.78 Å². The van der Waals surface area contributed by atoms with Gasteiger partial charge in [0.1, 0.15) is 5.75 Å². The Morgan fingerprint density at radius 3 is 2.41 bits per heavy atom. The average Bonchev–Trinajstić information content (AvgIpc) is 3.68. The lowest BCUT2D eigenvalue weighted by Crippen LogP contribution is -2.29. The Labute approximate surface area is 214 Å². The molecule has 3 aromatic carbocycles. The molecule has 5 rings (SSSR count). The van der Waals surface area contributed by atoms with Gasteiger partial charge in [0.2, 0.25) is 0 Å². The molecule has 1 aliphatic rings. The van der Waals surface area contributed by atoms with Gasteiger partial charge in [-0.1, -0.05) is 48.0 Å². The van der Waals surface area contributed by atoms with Gasteiger partial charge in [-0.15, -0.1) is 13.2 Å². The van der Waals surface area contributed by atoms with Crippen LogP contribution >= 0.6 is 11.6 Å². The second-order valence-corrected chi connectivity index (χ2v) is 9.03. The normalized spacial score (nSPS) is 13.4. The van der Waals surface area contributed by atoms with Crippen LogP contribution in [0.2, 0.25) is 5.02 Å². The zero-order valence-electron chi connectivity index (χ0n) is 19.2. The fraction of sp³-hybridized carbons (Fsp3) is 0.185. The Kier molecular flexibility index (Phi) is 6.55. The number of ether oxygens (including phenoxy) is 1. The second kappa shape index (κ2) is 9.82. The number of hydrogen-bond donors (Lipinski definition) is 1. The molecule has 1 aromatic heterocycles. The van der Waals surface area contributed by atoms with Crippen molar-refractivity contribution in [1.82, 2.24) is 4.98 Å². The minimum absolute atomic E-state index is 0.00693. The SMILES string of the molecule is O=C(O)c1ccc(ON(Cc2ccc(OC(F)(F)F)cc2)c2ncc3ccccc3c2C2CC2)cc1Cl. The Morgan fingerprint density at radius 1 is 1.05 bits per heavy atom. The summed E-state index contributed by atoms with van der Waals surface area (Å²) in [5.41, 5.74) is 1.59. The number of pyridine rings is 1. The number of nitrogens with zero attached hydrogens (tertiary/aromatic N) is 2. The van der Waals surface area contributed by atoms with E-state index >= 15 is 0 Å². The van der Waals surface area contributed by atoms with Crippen molar-refractivity contribution in [2.75, 3.05) is 5.06 Å². The van der Waals surface area contributed by atoms with Gasteiger partial charge in [-0.2, -0.15) is 5.06 Å². The first-order chi connectivity index (χ1) is 17.7. The number of hydroxylamine groups is 1. The molecular formula is C27H20ClF3N2O4. The van der Waals surface area contributed by atoms with Crippen molar-refractivity contribution < 1.29 is 32.6 Å². The summed E-state index contributed by atoms with van der Waals surface area (Å²) < 4.78 is 41.7. The van der Waals surface area contributed by atoms with Crippen molar-refractivity contribution >= 4 is 34.2 Å². The molecule has 1 heterocycles. The number of aromatic nitrogens is 1. The maximum atomic E-state index is 12.6. The van der Waals surface area contributed by atoms with Crippen LogP contribution in [-0.2, 0) is 6.54 Å². The molecule has 10 heteroatoms. The van der Waals surface area contributed by atoms with E-state index in [9.17, 15) is 23.1 Å². The Balaban J connectivity index is 1.53. The van der Waals surface area contributed by atoms with Crippen LogP contribution in [0.4, 0.5) is 19.0 Å². The maximum Gasteiger partial charge on any atom is 0.573 e. The quantitative estimate of drug-likeness (QED) is 0.241. The number of hydrogen-bond acceptors (Lipinski definition) is 5. The van der Waals surface area contributed by atoms with Crippen molar-refractivity contribution in [2.24, 2.45) is 0 Å². The zero-order valence-corrected chi connectivity index (χ0v) is 20.0. The van der Waals surface area contributed by atoms with E-state index in [0.29, 0.717) is 17.3 Å². The van der Waals surface area contributed by atoms with Gasteiger partial charge < -0.3 is 14.7 Å². The predicted octanol–water partition coefficient (Wildman–Crippen LogP) is 7.36. The molecule has 0 saturated heterocycles. The van der Waals surface area contributed by atoms with Crippen molar-refractivity contribution in [3.63, 3.8) is 0 Å². The minimum atomic E-state index is -4.79. The van der Waals surface area contributed by atoms with E-state index in [1.165, 1.54) is 42.5 Å². The third-order valence-electron chi connectivity index (χ3n) is 5.91. The Morgan fingerprint density at radius 2 is 1.76 bits per heavy atom. The molecule has 37 heavy (non-hydrogen) atoms. The molecule has 190 valence electrons. The van der Waals surface area contributed by atoms with E-state index < -0.39 is 12.3 Å². The highest BCUT2D eigenvalue weighted by Gasteiger charge is 2.32. The molecule has 1 aliphatic carbocycles. The molecule has 0 bridgehead atoms. The predicted molar refractivity (Wildman–Crippen MR) is 132 cm³/mol. The number of alkyl halides is 3. The molecule has 4 aromatic rings. The van der Waals surface area contributed by atoms with Gasteiger partial charge in [-0.05, 0) is 54.0 Å². The third-order valence-corrected chi connectivity index (χ3v) is 6.22. The second-order valence-electron chi connectivity index (χ2n) is 8.62. The summed E-state index contributed by atoms with van der Waals surface area (Å²) in [6.07, 6.45) is -1.04. The number of aromatic carboxylic acids is 1. The first-order valence-electron chi connectivity index (χ1n) is 11.4. The van der Waals surface area contributed by atoms with Gasteiger partial charge >= 0.3 is 12.3 Å². The largest absolute Gasteiger partial charge is 0.573 e. The van der Waals surface area contributed by atoms with Crippen molar-refractivity contribution in [3.8, 4) is 11.5 Å². The number of carbonyl (C=O) groups is 1. The standard InChI is InChI=1S/C27H20ClF3N2O4/c28-23-13-20(11-12-22(23)26(34)35)37-33(15-16-5-9-19(10-6-16)36-27(29,30)31)25-24(17-7-8-17)21-4-2-1-3-18(21)14-32-25/h1-6,9-14,17H,7-8,15H2,(H,34,35). The molecule has 0 amide bonds. The summed E-state index contributed by atoms with van der Waals surface area (Å²) in [5, 5.41) is 12.9. The lowest BCUT2D eigenvalue weighted by atomic mass is 10.0. The Bertz CT molecular complexity index is 1460. The van der Waals surface area contributed by atoms with Crippen LogP contribution < -0.4 is 14.6 Å². The number of halogens is 4. The first-order valence-corrected chi connectivity index (χ1v) is 11.8. The highest BCUT2D eigenvalue weighted by molar-refractivity contribution is 6.33. The molecule has 0 spiro atoms. The van der Waals surface area contributed by atoms with Crippen LogP contribution in [0.15, 0.2) is 72.9 Å². The molecule has 1 N–H and O–H groups in total. The summed E-state index contributed by atoms with van der Waals surface area (Å²) in [7, 11) is 0. The van der Waals surface area contributed by atoms with Crippen LogP contribution in [0.3, 0.4) is 0 Å². The van der Waals surface area contributed by atoms with Crippen LogP contribution in [0, 0.1) is 0 Å². The molecule has 0 aliphatic heterocycles. The van der Waals surface area contributed by atoms with Crippen LogP contribution in [0.5, 0.6) is 11.5 Å². The van der Waals surface area contributed by atoms with E-state index in [1.54, 1.807) is 11.3 Å². The number of carboxylic acids is 1. The fourth-order valence-corrected chi connectivity index (χ4v) is 4.37. The van der Waals surface area contributed by atoms with E-state index in [4.69, 9.17) is 21.4 Å². The maximum absolute atomic E-state index is 12.6. The van der Waals surface area contributed by atoms with Gasteiger partial charge in [0.15, 0.2) is 11.6 Å². The van der Waals surface area contributed by atoms with Crippen LogP contribution in [0.1, 0.15) is 40.2 Å². The number of benzene rings is 3. The van der Waals surface area contributed by atoms with Gasteiger partial charge in [0.05, 0.1) is 17.1 Å². The number of anilines is 1. The van der Waals surface area contributed by atoms with Crippen molar-refractivity contribution in [2.45, 2.75) is 31.7 Å². The van der Waals surface area contributed by atoms with E-state index in [0.717, 1.165) is 29.2 Å².